The van der Waals surface area contributed by atoms with Crippen LogP contribution in [0.25, 0.3) is 0 Å². The summed E-state index contributed by atoms with van der Waals surface area (Å²) in [4.78, 5) is 4.89. The highest BCUT2D eigenvalue weighted by molar-refractivity contribution is 4.79. The molecule has 1 fully saturated rings. The predicted octanol–water partition coefficient (Wildman–Crippen LogP) is 0.785. The molecular weight excluding hydrogens is 176 g/mol. The van der Waals surface area contributed by atoms with Crippen LogP contribution in [-0.4, -0.2) is 59.8 Å². The Hall–Kier alpha value is -0.120. The second-order valence-corrected chi connectivity index (χ2v) is 5.08. The van der Waals surface area contributed by atoms with E-state index in [9.17, 15) is 0 Å². The molecule has 0 bridgehead atoms. The Morgan fingerprint density at radius 1 is 1.07 bits per heavy atom. The Balaban J connectivity index is 2.41. The number of hydrogen-bond donors (Lipinski definition) is 1. The molecule has 3 heteroatoms. The average molecular weight is 200 g/mol. The molecule has 0 unspecified atom stereocenters. The molecule has 0 saturated carbocycles. The molecular formula is C11H24N2O. The summed E-state index contributed by atoms with van der Waals surface area (Å²) in [7, 11) is 0. The van der Waals surface area contributed by atoms with Crippen LogP contribution in [0.15, 0.2) is 0 Å². The highest BCUT2D eigenvalue weighted by atomic mass is 16.3. The van der Waals surface area contributed by atoms with Gasteiger partial charge in [0.15, 0.2) is 0 Å². The van der Waals surface area contributed by atoms with Crippen LogP contribution in [0.2, 0.25) is 0 Å². The number of aliphatic hydroxyl groups is 1. The van der Waals surface area contributed by atoms with Gasteiger partial charge in [0, 0.05) is 25.2 Å². The normalized spacial score (nSPS) is 22.3. The molecule has 14 heavy (non-hydrogen) atoms. The third-order valence-electron chi connectivity index (χ3n) is 2.95. The van der Waals surface area contributed by atoms with Crippen LogP contribution >= 0.6 is 0 Å². The number of nitrogens with zero attached hydrogens (tertiary/aromatic N) is 2. The Morgan fingerprint density at radius 2 is 1.79 bits per heavy atom. The zero-order valence-corrected chi connectivity index (χ0v) is 9.79. The number of hydrogen-bond acceptors (Lipinski definition) is 3. The van der Waals surface area contributed by atoms with Crippen LogP contribution in [0, 0.1) is 0 Å². The summed E-state index contributed by atoms with van der Waals surface area (Å²) in [6.07, 6.45) is 1.22. The summed E-state index contributed by atoms with van der Waals surface area (Å²) in [6.45, 7) is 12.5. The molecule has 0 aliphatic carbocycles. The second-order valence-electron chi connectivity index (χ2n) is 5.08. The summed E-state index contributed by atoms with van der Waals surface area (Å²) >= 11 is 0. The molecule has 1 heterocycles. The van der Waals surface area contributed by atoms with Gasteiger partial charge >= 0.3 is 0 Å². The topological polar surface area (TPSA) is 26.7 Å². The lowest BCUT2D eigenvalue weighted by Gasteiger charge is -2.34. The Kier molecular flexibility index (Phi) is 4.35. The summed E-state index contributed by atoms with van der Waals surface area (Å²) in [5.74, 6) is 0. The van der Waals surface area contributed by atoms with Gasteiger partial charge in [-0.05, 0) is 40.3 Å². The smallest absolute Gasteiger partial charge is 0.0558 e. The molecule has 0 atom stereocenters. The third-order valence-corrected chi connectivity index (χ3v) is 2.95. The molecule has 1 saturated heterocycles. The van der Waals surface area contributed by atoms with Gasteiger partial charge in [-0.2, -0.15) is 0 Å². The van der Waals surface area contributed by atoms with E-state index in [0.717, 1.165) is 26.2 Å². The molecule has 0 radical (unpaired) electrons. The van der Waals surface area contributed by atoms with E-state index in [0.29, 0.717) is 0 Å². The van der Waals surface area contributed by atoms with Crippen molar-refractivity contribution in [1.29, 1.82) is 0 Å². The lowest BCUT2D eigenvalue weighted by Crippen LogP contribution is -2.43. The van der Waals surface area contributed by atoms with E-state index in [2.05, 4.69) is 30.6 Å². The minimum Gasteiger partial charge on any atom is -0.395 e. The van der Waals surface area contributed by atoms with Gasteiger partial charge in [-0.1, -0.05) is 0 Å². The van der Waals surface area contributed by atoms with Crippen LogP contribution in [0.3, 0.4) is 0 Å². The van der Waals surface area contributed by atoms with Gasteiger partial charge in [-0.3, -0.25) is 9.80 Å². The Bertz CT molecular complexity index is 165. The maximum absolute atomic E-state index is 8.88. The number of β-amino-alcohol motifs (C(OH)–C–C–N with tert-alkyl or cyclic N) is 1. The predicted molar refractivity (Wildman–Crippen MR) is 59.5 cm³/mol. The Labute approximate surface area is 87.7 Å². The minimum absolute atomic E-state index is 0.287. The van der Waals surface area contributed by atoms with Crippen molar-refractivity contribution in [3.05, 3.63) is 0 Å². The first-order chi connectivity index (χ1) is 6.54. The molecule has 0 amide bonds. The fourth-order valence-electron chi connectivity index (χ4n) is 2.01. The van der Waals surface area contributed by atoms with Crippen molar-refractivity contribution in [1.82, 2.24) is 9.80 Å². The third kappa shape index (κ3) is 3.56. The summed E-state index contributed by atoms with van der Waals surface area (Å²) in [5, 5.41) is 8.88. The van der Waals surface area contributed by atoms with E-state index < -0.39 is 0 Å². The maximum atomic E-state index is 8.88. The lowest BCUT2D eigenvalue weighted by molar-refractivity contribution is 0.137. The first-order valence-electron chi connectivity index (χ1n) is 5.62. The summed E-state index contributed by atoms with van der Waals surface area (Å²) in [6, 6.07) is 0. The van der Waals surface area contributed by atoms with Crippen molar-refractivity contribution in [2.75, 3.05) is 39.3 Å². The van der Waals surface area contributed by atoms with E-state index in [4.69, 9.17) is 5.11 Å². The number of aliphatic hydroxyl groups excluding tert-OH is 1. The molecule has 1 N–H and O–H groups in total. The van der Waals surface area contributed by atoms with Crippen LogP contribution in [-0.2, 0) is 0 Å². The summed E-state index contributed by atoms with van der Waals surface area (Å²) in [5.41, 5.74) is 0.287. The van der Waals surface area contributed by atoms with E-state index in [-0.39, 0.29) is 12.1 Å². The fourth-order valence-corrected chi connectivity index (χ4v) is 2.01. The quantitative estimate of drug-likeness (QED) is 0.714. The molecule has 0 spiro atoms. The van der Waals surface area contributed by atoms with Gasteiger partial charge in [0.05, 0.1) is 6.61 Å². The first-order valence-corrected chi connectivity index (χ1v) is 5.62. The number of rotatable bonds is 2. The van der Waals surface area contributed by atoms with Crippen molar-refractivity contribution in [3.63, 3.8) is 0 Å². The highest BCUT2D eigenvalue weighted by Gasteiger charge is 2.23. The van der Waals surface area contributed by atoms with Gasteiger partial charge in [0.1, 0.15) is 0 Å². The lowest BCUT2D eigenvalue weighted by atomic mass is 10.1. The second kappa shape index (κ2) is 5.10. The monoisotopic (exact) mass is 200 g/mol. The van der Waals surface area contributed by atoms with E-state index >= 15 is 0 Å². The first kappa shape index (κ1) is 12.0. The van der Waals surface area contributed by atoms with Crippen LogP contribution in [0.4, 0.5) is 0 Å². The standard InChI is InChI=1S/C11H24N2O/c1-11(2,3)13-6-4-5-12(7-8-13)9-10-14/h14H,4-10H2,1-3H3. The van der Waals surface area contributed by atoms with Crippen molar-refractivity contribution < 1.29 is 5.11 Å². The molecule has 0 aromatic carbocycles. The van der Waals surface area contributed by atoms with Crippen molar-refractivity contribution in [3.8, 4) is 0 Å². The zero-order valence-electron chi connectivity index (χ0n) is 9.79. The molecule has 1 rings (SSSR count). The van der Waals surface area contributed by atoms with Crippen molar-refractivity contribution in [2.24, 2.45) is 0 Å². The molecule has 84 valence electrons. The van der Waals surface area contributed by atoms with Gasteiger partial charge in [0.2, 0.25) is 0 Å². The fraction of sp³-hybridized carbons (Fsp3) is 1.00. The largest absolute Gasteiger partial charge is 0.395 e. The van der Waals surface area contributed by atoms with Crippen LogP contribution in [0.1, 0.15) is 27.2 Å². The molecule has 0 aromatic rings. The van der Waals surface area contributed by atoms with E-state index in [1.54, 1.807) is 0 Å². The van der Waals surface area contributed by atoms with Crippen molar-refractivity contribution in [2.45, 2.75) is 32.7 Å². The van der Waals surface area contributed by atoms with E-state index in [1.165, 1.54) is 13.0 Å². The van der Waals surface area contributed by atoms with Gasteiger partial charge in [-0.15, -0.1) is 0 Å². The molecule has 1 aliphatic heterocycles. The molecule has 1 aliphatic rings. The van der Waals surface area contributed by atoms with Gasteiger partial charge in [-0.25, -0.2) is 0 Å². The SMILES string of the molecule is CC(C)(C)N1CCCN(CCO)CC1. The average Bonchev–Trinajstić information content (AvgIpc) is 2.29. The van der Waals surface area contributed by atoms with Gasteiger partial charge in [0.25, 0.3) is 0 Å². The van der Waals surface area contributed by atoms with Crippen LogP contribution in [0.5, 0.6) is 0 Å². The Morgan fingerprint density at radius 3 is 2.36 bits per heavy atom. The maximum Gasteiger partial charge on any atom is 0.0558 e. The van der Waals surface area contributed by atoms with Crippen LogP contribution < -0.4 is 0 Å². The summed E-state index contributed by atoms with van der Waals surface area (Å²) < 4.78 is 0. The van der Waals surface area contributed by atoms with Crippen molar-refractivity contribution >= 4 is 0 Å². The molecule has 3 nitrogen and oxygen atoms in total. The zero-order chi connectivity index (χ0) is 10.6. The highest BCUT2D eigenvalue weighted by Crippen LogP contribution is 2.15. The van der Waals surface area contributed by atoms with E-state index in [1.807, 2.05) is 0 Å². The molecule has 0 aromatic heterocycles. The van der Waals surface area contributed by atoms with Gasteiger partial charge < -0.3 is 5.11 Å². The minimum atomic E-state index is 0.287.